The molecule has 39 heavy (non-hydrogen) atoms. The van der Waals surface area contributed by atoms with Crippen molar-refractivity contribution in [2.45, 2.75) is 31.4 Å². The number of carbonyl (C=O) groups is 1. The van der Waals surface area contributed by atoms with Crippen LogP contribution in [-0.2, 0) is 32.4 Å². The van der Waals surface area contributed by atoms with Crippen LogP contribution in [0.4, 0.5) is 30.7 Å². The number of alkyl halides is 6. The molecule has 1 fully saturated rings. The van der Waals surface area contributed by atoms with Crippen LogP contribution in [0.1, 0.15) is 32.6 Å². The number of aryl methyl sites for hydroxylation is 1. The molecule has 0 spiro atoms. The summed E-state index contributed by atoms with van der Waals surface area (Å²) in [6.45, 7) is 0.998. The highest BCUT2D eigenvalue weighted by Crippen LogP contribution is 2.37. The van der Waals surface area contributed by atoms with Gasteiger partial charge in [-0.1, -0.05) is 6.07 Å². The minimum atomic E-state index is -5.09. The van der Waals surface area contributed by atoms with E-state index in [4.69, 9.17) is 0 Å². The predicted molar refractivity (Wildman–Crippen MR) is 129 cm³/mol. The third kappa shape index (κ3) is 7.21. The van der Waals surface area contributed by atoms with Gasteiger partial charge in [-0.25, -0.2) is 4.39 Å². The van der Waals surface area contributed by atoms with E-state index in [1.54, 1.807) is 24.1 Å². The van der Waals surface area contributed by atoms with Gasteiger partial charge in [0.25, 0.3) is 5.91 Å². The number of aromatic hydroxyl groups is 1. The van der Waals surface area contributed by atoms with Crippen molar-refractivity contribution in [1.82, 2.24) is 19.6 Å². The van der Waals surface area contributed by atoms with Gasteiger partial charge in [0.2, 0.25) is 0 Å². The van der Waals surface area contributed by atoms with Crippen molar-refractivity contribution >= 4 is 18.3 Å². The molecule has 0 saturated carbocycles. The van der Waals surface area contributed by atoms with Crippen LogP contribution in [0, 0.1) is 5.82 Å². The molecule has 2 aromatic carbocycles. The van der Waals surface area contributed by atoms with Crippen molar-refractivity contribution in [2.24, 2.45) is 7.05 Å². The molecule has 6 nitrogen and oxygen atoms in total. The summed E-state index contributed by atoms with van der Waals surface area (Å²) < 4.78 is 95.4. The van der Waals surface area contributed by atoms with Gasteiger partial charge in [-0.15, -0.1) is 12.4 Å². The molecule has 1 amide bonds. The Hall–Kier alpha value is -3.32. The van der Waals surface area contributed by atoms with Crippen LogP contribution in [0.15, 0.2) is 48.8 Å². The summed E-state index contributed by atoms with van der Waals surface area (Å²) in [5.74, 6) is -2.46. The number of hydrogen-bond acceptors (Lipinski definition) is 4. The number of nitrogens with zero attached hydrogens (tertiary/aromatic N) is 4. The lowest BCUT2D eigenvalue weighted by Crippen LogP contribution is -2.55. The fraction of sp³-hybridized carbons (Fsp3) is 0.360. The molecule has 0 aliphatic carbocycles. The Morgan fingerprint density at radius 2 is 1.64 bits per heavy atom. The van der Waals surface area contributed by atoms with Gasteiger partial charge in [0.1, 0.15) is 0 Å². The quantitative estimate of drug-likeness (QED) is 0.417. The fourth-order valence-corrected chi connectivity index (χ4v) is 4.52. The number of piperazine rings is 1. The first kappa shape index (κ1) is 30.2. The lowest BCUT2D eigenvalue weighted by atomic mass is 9.98. The van der Waals surface area contributed by atoms with Gasteiger partial charge in [-0.2, -0.15) is 31.4 Å². The topological polar surface area (TPSA) is 61.6 Å². The SMILES string of the molecule is Cl.Cn1cc(CN2CCN(C(=O)c3cc(C(F)(F)F)cc(C(F)(F)F)c3)[C@H](Cc3ccc(F)c(O)c3)C2)cn1. The van der Waals surface area contributed by atoms with Crippen molar-refractivity contribution in [1.29, 1.82) is 0 Å². The highest BCUT2D eigenvalue weighted by atomic mass is 35.5. The summed E-state index contributed by atoms with van der Waals surface area (Å²) in [6.07, 6.45) is -6.65. The maximum Gasteiger partial charge on any atom is 0.416 e. The van der Waals surface area contributed by atoms with Gasteiger partial charge >= 0.3 is 12.4 Å². The van der Waals surface area contributed by atoms with Crippen molar-refractivity contribution in [3.05, 3.63) is 82.4 Å². The second-order valence-corrected chi connectivity index (χ2v) is 9.19. The third-order valence-corrected chi connectivity index (χ3v) is 6.31. The van der Waals surface area contributed by atoms with E-state index >= 15 is 0 Å². The summed E-state index contributed by atoms with van der Waals surface area (Å²) in [7, 11) is 1.74. The Balaban J connectivity index is 0.00000420. The summed E-state index contributed by atoms with van der Waals surface area (Å²) in [4.78, 5) is 16.6. The second kappa shape index (κ2) is 11.4. The number of aromatic nitrogens is 2. The Morgan fingerprint density at radius 3 is 2.18 bits per heavy atom. The maximum absolute atomic E-state index is 13.6. The largest absolute Gasteiger partial charge is 0.505 e. The molecule has 212 valence electrons. The molecular formula is C25H24ClF7N4O2. The normalized spacial score (nSPS) is 16.7. The van der Waals surface area contributed by atoms with Crippen LogP contribution >= 0.6 is 12.4 Å². The minimum Gasteiger partial charge on any atom is -0.505 e. The second-order valence-electron chi connectivity index (χ2n) is 9.19. The standard InChI is InChI=1S/C25H23F7N4O2.ClH/c1-34-12-16(11-33-34)13-35-4-5-36(20(14-35)6-15-2-3-21(26)22(37)7-15)23(38)17-8-18(24(27,28)29)10-19(9-17)25(30,31)32;/h2-3,7-12,20,37H,4-6,13-14H2,1H3;1H/t20-;/m1./s1. The number of phenolic OH excluding ortho intramolecular Hbond substituents is 1. The van der Waals surface area contributed by atoms with E-state index in [1.165, 1.54) is 17.0 Å². The molecule has 0 radical (unpaired) electrons. The number of benzene rings is 2. The third-order valence-electron chi connectivity index (χ3n) is 6.31. The first-order valence-corrected chi connectivity index (χ1v) is 11.5. The summed E-state index contributed by atoms with van der Waals surface area (Å²) >= 11 is 0. The summed E-state index contributed by atoms with van der Waals surface area (Å²) in [5, 5.41) is 13.9. The lowest BCUT2D eigenvalue weighted by molar-refractivity contribution is -0.143. The molecule has 1 N–H and O–H groups in total. The Kier molecular flexibility index (Phi) is 8.85. The van der Waals surface area contributed by atoms with Crippen LogP contribution in [0.2, 0.25) is 0 Å². The number of hydrogen-bond donors (Lipinski definition) is 1. The van der Waals surface area contributed by atoms with E-state index in [2.05, 4.69) is 5.10 Å². The first-order chi connectivity index (χ1) is 17.7. The zero-order chi connectivity index (χ0) is 27.8. The van der Waals surface area contributed by atoms with Crippen LogP contribution in [0.25, 0.3) is 0 Å². The molecular weight excluding hydrogens is 557 g/mol. The van der Waals surface area contributed by atoms with E-state index in [9.17, 15) is 40.6 Å². The lowest BCUT2D eigenvalue weighted by Gasteiger charge is -2.41. The summed E-state index contributed by atoms with van der Waals surface area (Å²) in [6, 6.07) is 3.72. The van der Waals surface area contributed by atoms with E-state index < -0.39 is 52.6 Å². The number of halogens is 8. The number of amides is 1. The molecule has 1 aliphatic rings. The molecule has 1 aliphatic heterocycles. The number of phenols is 1. The van der Waals surface area contributed by atoms with Gasteiger partial charge in [-0.3, -0.25) is 14.4 Å². The minimum absolute atomic E-state index is 0. The van der Waals surface area contributed by atoms with Crippen LogP contribution in [-0.4, -0.2) is 56.3 Å². The van der Waals surface area contributed by atoms with Gasteiger partial charge in [0, 0.05) is 56.6 Å². The first-order valence-electron chi connectivity index (χ1n) is 11.5. The molecule has 0 unspecified atom stereocenters. The van der Waals surface area contributed by atoms with Gasteiger partial charge in [0.05, 0.1) is 17.3 Å². The van der Waals surface area contributed by atoms with Gasteiger partial charge in [-0.05, 0) is 42.3 Å². The van der Waals surface area contributed by atoms with E-state index in [-0.39, 0.29) is 38.0 Å². The van der Waals surface area contributed by atoms with Gasteiger partial charge in [0.15, 0.2) is 11.6 Å². The summed E-state index contributed by atoms with van der Waals surface area (Å²) in [5.41, 5.74) is -2.58. The monoisotopic (exact) mass is 580 g/mol. The van der Waals surface area contributed by atoms with E-state index in [0.717, 1.165) is 11.6 Å². The van der Waals surface area contributed by atoms with Crippen molar-refractivity contribution < 1.29 is 40.6 Å². The van der Waals surface area contributed by atoms with Crippen LogP contribution < -0.4 is 0 Å². The highest BCUT2D eigenvalue weighted by molar-refractivity contribution is 5.95. The highest BCUT2D eigenvalue weighted by Gasteiger charge is 2.39. The number of carbonyl (C=O) groups excluding carboxylic acids is 1. The van der Waals surface area contributed by atoms with Crippen molar-refractivity contribution in [2.75, 3.05) is 19.6 Å². The molecule has 14 heteroatoms. The molecule has 2 heterocycles. The zero-order valence-electron chi connectivity index (χ0n) is 20.4. The van der Waals surface area contributed by atoms with Crippen LogP contribution in [0.3, 0.4) is 0 Å². The van der Waals surface area contributed by atoms with Crippen LogP contribution in [0.5, 0.6) is 5.75 Å². The molecule has 1 aromatic heterocycles. The molecule has 4 rings (SSSR count). The molecule has 1 saturated heterocycles. The Labute approximate surface area is 225 Å². The number of rotatable bonds is 5. The van der Waals surface area contributed by atoms with Crippen molar-refractivity contribution in [3.8, 4) is 5.75 Å². The molecule has 0 bridgehead atoms. The van der Waals surface area contributed by atoms with E-state index in [0.29, 0.717) is 30.8 Å². The Morgan fingerprint density at radius 1 is 1.00 bits per heavy atom. The smallest absolute Gasteiger partial charge is 0.416 e. The average molecular weight is 581 g/mol. The van der Waals surface area contributed by atoms with E-state index in [1.807, 2.05) is 4.90 Å². The predicted octanol–water partition coefficient (Wildman–Crippen LogP) is 5.29. The average Bonchev–Trinajstić information content (AvgIpc) is 3.24. The maximum atomic E-state index is 13.6. The Bertz CT molecular complexity index is 1290. The van der Waals surface area contributed by atoms with Crippen molar-refractivity contribution in [3.63, 3.8) is 0 Å². The molecule has 1 atom stereocenters. The fourth-order valence-electron chi connectivity index (χ4n) is 4.52. The van der Waals surface area contributed by atoms with Gasteiger partial charge < -0.3 is 10.0 Å². The zero-order valence-corrected chi connectivity index (χ0v) is 21.2. The molecule has 3 aromatic rings.